The Balaban J connectivity index is 1.50. The van der Waals surface area contributed by atoms with Crippen molar-refractivity contribution in [2.45, 2.75) is 18.9 Å². The van der Waals surface area contributed by atoms with Gasteiger partial charge in [-0.15, -0.1) is 11.3 Å². The number of aromatic nitrogens is 3. The van der Waals surface area contributed by atoms with Crippen molar-refractivity contribution in [2.75, 3.05) is 76.5 Å². The molecule has 2 aliphatic rings. The van der Waals surface area contributed by atoms with E-state index in [0.717, 1.165) is 57.2 Å². The van der Waals surface area contributed by atoms with Gasteiger partial charge in [0, 0.05) is 39.8 Å². The minimum absolute atomic E-state index is 0.271. The maximum Gasteiger partial charge on any atom is 0.228 e. The Morgan fingerprint density at radius 1 is 1.34 bits per heavy atom. The molecule has 0 bridgehead atoms. The van der Waals surface area contributed by atoms with Gasteiger partial charge in [-0.1, -0.05) is 0 Å². The average Bonchev–Trinajstić information content (AvgIpc) is 3.23. The van der Waals surface area contributed by atoms with E-state index in [9.17, 15) is 4.39 Å². The fraction of sp³-hybridized carbons (Fsp3) is 0.737. The van der Waals surface area contributed by atoms with Gasteiger partial charge < -0.3 is 19.7 Å². The molecule has 0 saturated carbocycles. The van der Waals surface area contributed by atoms with E-state index in [4.69, 9.17) is 19.4 Å². The van der Waals surface area contributed by atoms with Crippen LogP contribution in [-0.4, -0.2) is 92.2 Å². The molecule has 2 fully saturated rings. The summed E-state index contributed by atoms with van der Waals surface area (Å²) >= 11 is 1.48. The summed E-state index contributed by atoms with van der Waals surface area (Å²) in [6.07, 6.45) is 2.35. The predicted octanol–water partition coefficient (Wildman–Crippen LogP) is 2.03. The largest absolute Gasteiger partial charge is 0.382 e. The number of rotatable bonds is 8. The summed E-state index contributed by atoms with van der Waals surface area (Å²) in [5, 5.41) is 3.16. The second-order valence-electron chi connectivity index (χ2n) is 7.70. The van der Waals surface area contributed by atoms with Gasteiger partial charge in [-0.25, -0.2) is 9.37 Å². The number of alkyl halides is 1. The van der Waals surface area contributed by atoms with E-state index in [2.05, 4.69) is 20.1 Å². The zero-order chi connectivity index (χ0) is 20.1. The molecule has 4 rings (SSSR count). The van der Waals surface area contributed by atoms with Crippen LogP contribution < -0.4 is 10.2 Å². The molecule has 29 heavy (non-hydrogen) atoms. The molecule has 1 N–H and O–H groups in total. The van der Waals surface area contributed by atoms with Crippen LogP contribution in [0.3, 0.4) is 0 Å². The third-order valence-electron chi connectivity index (χ3n) is 5.50. The number of morpholine rings is 1. The van der Waals surface area contributed by atoms with Crippen molar-refractivity contribution >= 4 is 33.5 Å². The van der Waals surface area contributed by atoms with Crippen LogP contribution in [0.2, 0.25) is 0 Å². The van der Waals surface area contributed by atoms with E-state index in [-0.39, 0.29) is 6.61 Å². The van der Waals surface area contributed by atoms with Gasteiger partial charge >= 0.3 is 0 Å². The van der Waals surface area contributed by atoms with Gasteiger partial charge in [0.15, 0.2) is 10.6 Å². The number of halogens is 1. The molecule has 160 valence electrons. The van der Waals surface area contributed by atoms with E-state index in [1.807, 2.05) is 0 Å². The molecule has 10 heteroatoms. The molecule has 0 spiro atoms. The van der Waals surface area contributed by atoms with Crippen LogP contribution in [0.4, 0.5) is 16.2 Å². The first-order valence-electron chi connectivity index (χ1n) is 10.2. The normalized spacial score (nSPS) is 22.1. The molecule has 0 radical (unpaired) electrons. The van der Waals surface area contributed by atoms with Crippen LogP contribution >= 0.6 is 11.3 Å². The minimum atomic E-state index is -0.538. The van der Waals surface area contributed by atoms with E-state index in [0.29, 0.717) is 23.2 Å². The summed E-state index contributed by atoms with van der Waals surface area (Å²) < 4.78 is 23.9. The standard InChI is InChI=1S/C19H29FN6O2S/c1-27-12-15(9-20)22-17-16-18(29-13-21-16)24-19(23-17)26-4-2-3-14(11-26)10-25-5-7-28-8-6-25/h13-15H,2-12H2,1H3,(H,22,23,24)/t14?,15-/m0/s1. The van der Waals surface area contributed by atoms with Crippen molar-refractivity contribution < 1.29 is 13.9 Å². The number of hydrogen-bond acceptors (Lipinski definition) is 9. The lowest BCUT2D eigenvalue weighted by Crippen LogP contribution is -2.45. The third kappa shape index (κ3) is 5.11. The molecular formula is C19H29FN6O2S. The molecule has 0 aliphatic carbocycles. The Morgan fingerprint density at radius 2 is 2.21 bits per heavy atom. The minimum Gasteiger partial charge on any atom is -0.382 e. The molecule has 0 amide bonds. The number of ether oxygens (including phenoxy) is 2. The molecule has 2 saturated heterocycles. The van der Waals surface area contributed by atoms with Crippen molar-refractivity contribution in [3.63, 3.8) is 0 Å². The lowest BCUT2D eigenvalue weighted by atomic mass is 9.97. The number of hydrogen-bond donors (Lipinski definition) is 1. The first-order chi connectivity index (χ1) is 14.3. The van der Waals surface area contributed by atoms with Crippen molar-refractivity contribution in [1.82, 2.24) is 19.9 Å². The van der Waals surface area contributed by atoms with E-state index < -0.39 is 12.7 Å². The number of nitrogens with zero attached hydrogens (tertiary/aromatic N) is 5. The Morgan fingerprint density at radius 3 is 3.00 bits per heavy atom. The van der Waals surface area contributed by atoms with Crippen LogP contribution in [0.25, 0.3) is 10.3 Å². The summed E-state index contributed by atoms with van der Waals surface area (Å²) in [4.78, 5) is 19.4. The summed E-state index contributed by atoms with van der Waals surface area (Å²) in [6, 6.07) is -0.455. The number of nitrogens with one attached hydrogen (secondary N) is 1. The van der Waals surface area contributed by atoms with Gasteiger partial charge in [0.05, 0.1) is 31.4 Å². The van der Waals surface area contributed by atoms with Crippen LogP contribution in [0.5, 0.6) is 0 Å². The van der Waals surface area contributed by atoms with Gasteiger partial charge in [-0.05, 0) is 18.8 Å². The Labute approximate surface area is 174 Å². The molecule has 2 atom stereocenters. The molecule has 2 aromatic heterocycles. The summed E-state index contributed by atoms with van der Waals surface area (Å²) in [7, 11) is 1.57. The highest BCUT2D eigenvalue weighted by Gasteiger charge is 2.26. The zero-order valence-corrected chi connectivity index (χ0v) is 17.7. The summed E-state index contributed by atoms with van der Waals surface area (Å²) in [5.74, 6) is 1.87. The van der Waals surface area contributed by atoms with E-state index in [1.165, 1.54) is 17.8 Å². The van der Waals surface area contributed by atoms with E-state index >= 15 is 0 Å². The molecule has 0 aromatic carbocycles. The lowest BCUT2D eigenvalue weighted by Gasteiger charge is -2.36. The van der Waals surface area contributed by atoms with Gasteiger partial charge in [0.1, 0.15) is 12.2 Å². The Bertz CT molecular complexity index is 787. The van der Waals surface area contributed by atoms with Crippen LogP contribution in [0.15, 0.2) is 5.51 Å². The second-order valence-corrected chi connectivity index (χ2v) is 8.53. The van der Waals surface area contributed by atoms with Crippen molar-refractivity contribution in [2.24, 2.45) is 5.92 Å². The lowest BCUT2D eigenvalue weighted by molar-refractivity contribution is 0.0296. The Kier molecular flexibility index (Phi) is 7.06. The predicted molar refractivity (Wildman–Crippen MR) is 113 cm³/mol. The van der Waals surface area contributed by atoms with E-state index in [1.54, 1.807) is 12.6 Å². The van der Waals surface area contributed by atoms with Gasteiger partial charge in [-0.3, -0.25) is 4.90 Å². The van der Waals surface area contributed by atoms with Crippen molar-refractivity contribution in [3.8, 4) is 0 Å². The highest BCUT2D eigenvalue weighted by molar-refractivity contribution is 7.16. The first kappa shape index (κ1) is 20.6. The topological polar surface area (TPSA) is 75.6 Å². The van der Waals surface area contributed by atoms with Gasteiger partial charge in [-0.2, -0.15) is 9.97 Å². The number of methoxy groups -OCH3 is 1. The fourth-order valence-electron chi connectivity index (χ4n) is 4.06. The number of fused-ring (bicyclic) bond motifs is 1. The molecule has 4 heterocycles. The number of piperidine rings is 1. The maximum absolute atomic E-state index is 13.4. The zero-order valence-electron chi connectivity index (χ0n) is 16.8. The summed E-state index contributed by atoms with van der Waals surface area (Å²) in [5.41, 5.74) is 2.45. The Hall–Kier alpha value is -1.62. The fourth-order valence-corrected chi connectivity index (χ4v) is 4.71. The third-order valence-corrected chi connectivity index (χ3v) is 6.22. The first-order valence-corrected chi connectivity index (χ1v) is 11.1. The monoisotopic (exact) mass is 424 g/mol. The van der Waals surface area contributed by atoms with Gasteiger partial charge in [0.2, 0.25) is 5.95 Å². The SMILES string of the molecule is COC[C@H](CF)Nc1nc(N2CCCC(CN3CCOCC3)C2)nc2scnc12. The molecule has 2 aliphatic heterocycles. The summed E-state index contributed by atoms with van der Waals surface area (Å²) in [6.45, 7) is 6.37. The van der Waals surface area contributed by atoms with Crippen LogP contribution in [0.1, 0.15) is 12.8 Å². The van der Waals surface area contributed by atoms with Crippen LogP contribution in [-0.2, 0) is 9.47 Å². The van der Waals surface area contributed by atoms with Crippen LogP contribution in [0, 0.1) is 5.92 Å². The maximum atomic E-state index is 13.4. The molecule has 2 aromatic rings. The smallest absolute Gasteiger partial charge is 0.228 e. The highest BCUT2D eigenvalue weighted by atomic mass is 32.1. The van der Waals surface area contributed by atoms with Crippen molar-refractivity contribution in [3.05, 3.63) is 5.51 Å². The van der Waals surface area contributed by atoms with Crippen molar-refractivity contribution in [1.29, 1.82) is 0 Å². The van der Waals surface area contributed by atoms with Gasteiger partial charge in [0.25, 0.3) is 0 Å². The number of thiazole rings is 1. The second kappa shape index (κ2) is 9.92. The highest BCUT2D eigenvalue weighted by Crippen LogP contribution is 2.28. The average molecular weight is 425 g/mol. The molecule has 8 nitrogen and oxygen atoms in total. The molecular weight excluding hydrogens is 395 g/mol. The quantitative estimate of drug-likeness (QED) is 0.690. The number of anilines is 2. The molecule has 1 unspecified atom stereocenters.